The molecule has 1 fully saturated rings. The van der Waals surface area contributed by atoms with Crippen LogP contribution in [0.1, 0.15) is 72.4 Å². The molecule has 0 saturated heterocycles. The number of amides is 2. The molecule has 0 radical (unpaired) electrons. The molecule has 1 aromatic carbocycles. The molecule has 2 aliphatic heterocycles. The molecule has 10 nitrogen and oxygen atoms in total. The second-order valence-electron chi connectivity index (χ2n) is 10.3. The van der Waals surface area contributed by atoms with Gasteiger partial charge in [0.25, 0.3) is 5.91 Å². The van der Waals surface area contributed by atoms with Gasteiger partial charge in [-0.1, -0.05) is 6.07 Å². The minimum atomic E-state index is -0.334. The molecular weight excluding hydrogens is 484 g/mol. The predicted molar refractivity (Wildman–Crippen MR) is 140 cm³/mol. The number of aromatic nitrogens is 4. The largest absolute Gasteiger partial charge is 0.496 e. The number of methoxy groups -OCH3 is 1. The molecule has 10 heteroatoms. The van der Waals surface area contributed by atoms with Crippen molar-refractivity contribution >= 4 is 17.8 Å². The number of carbonyl (C=O) groups is 2. The van der Waals surface area contributed by atoms with E-state index in [2.05, 4.69) is 32.0 Å². The van der Waals surface area contributed by atoms with Crippen LogP contribution in [0, 0.1) is 0 Å². The highest BCUT2D eigenvalue weighted by molar-refractivity contribution is 6.06. The normalized spacial score (nSPS) is 18.7. The zero-order valence-corrected chi connectivity index (χ0v) is 21.8. The van der Waals surface area contributed by atoms with E-state index in [1.165, 1.54) is 0 Å². The Hall–Kier alpha value is -3.95. The average Bonchev–Trinajstić information content (AvgIpc) is 3.68. The highest BCUT2D eigenvalue weighted by atomic mass is 16.6. The molecule has 38 heavy (non-hydrogen) atoms. The quantitative estimate of drug-likeness (QED) is 0.530. The Bertz CT molecular complexity index is 1380. The minimum absolute atomic E-state index is 0.0198. The molecule has 1 N–H and O–H groups in total. The summed E-state index contributed by atoms with van der Waals surface area (Å²) >= 11 is 0. The lowest BCUT2D eigenvalue weighted by Gasteiger charge is -2.30. The van der Waals surface area contributed by atoms with E-state index in [0.717, 1.165) is 55.5 Å². The molecule has 1 atom stereocenters. The Morgan fingerprint density at radius 2 is 1.89 bits per heavy atom. The summed E-state index contributed by atoms with van der Waals surface area (Å²) < 4.78 is 13.4. The summed E-state index contributed by atoms with van der Waals surface area (Å²) in [5.41, 5.74) is 3.03. The van der Waals surface area contributed by atoms with Gasteiger partial charge in [-0.25, -0.2) is 9.78 Å². The molecule has 0 bridgehead atoms. The molecule has 6 rings (SSSR count). The van der Waals surface area contributed by atoms with E-state index >= 15 is 0 Å². The van der Waals surface area contributed by atoms with Crippen molar-refractivity contribution < 1.29 is 19.1 Å². The van der Waals surface area contributed by atoms with Crippen molar-refractivity contribution in [1.82, 2.24) is 24.6 Å². The maximum absolute atomic E-state index is 13.4. The molecule has 3 aliphatic rings. The number of fused-ring (bicyclic) bond motifs is 2. The zero-order valence-electron chi connectivity index (χ0n) is 21.8. The number of ether oxygens (including phenoxy) is 2. The Kier molecular flexibility index (Phi) is 6.47. The van der Waals surface area contributed by atoms with Gasteiger partial charge >= 0.3 is 6.09 Å². The molecule has 0 spiro atoms. The van der Waals surface area contributed by atoms with Gasteiger partial charge in [0, 0.05) is 25.6 Å². The molecule has 2 amide bonds. The van der Waals surface area contributed by atoms with E-state index in [1.807, 2.05) is 24.3 Å². The predicted octanol–water partition coefficient (Wildman–Crippen LogP) is 4.55. The number of hydrogen-bond donors (Lipinski definition) is 1. The van der Waals surface area contributed by atoms with Crippen molar-refractivity contribution in [2.24, 2.45) is 0 Å². The first-order valence-electron chi connectivity index (χ1n) is 13.4. The summed E-state index contributed by atoms with van der Waals surface area (Å²) in [6, 6.07) is 9.49. The van der Waals surface area contributed by atoms with Crippen LogP contribution < -0.4 is 10.1 Å². The molecule has 3 aromatic rings. The maximum Gasteiger partial charge on any atom is 0.410 e. The molecule has 2 aromatic heterocycles. The Labute approximate surface area is 221 Å². The molecule has 198 valence electrons. The summed E-state index contributed by atoms with van der Waals surface area (Å²) in [5.74, 6) is 2.24. The van der Waals surface area contributed by atoms with Gasteiger partial charge in [-0.15, -0.1) is 10.2 Å². The number of hydrogen-bond acceptors (Lipinski definition) is 7. The van der Waals surface area contributed by atoms with Crippen molar-refractivity contribution in [3.8, 4) is 17.3 Å². The highest BCUT2D eigenvalue weighted by Gasteiger charge is 2.28. The number of nitrogens with zero attached hydrogens (tertiary/aromatic N) is 5. The summed E-state index contributed by atoms with van der Waals surface area (Å²) in [7, 11) is 1.55. The van der Waals surface area contributed by atoms with Gasteiger partial charge in [0.1, 0.15) is 29.2 Å². The van der Waals surface area contributed by atoms with Crippen molar-refractivity contribution in [1.29, 1.82) is 0 Å². The van der Waals surface area contributed by atoms with Crippen LogP contribution in [0.15, 0.2) is 30.3 Å². The van der Waals surface area contributed by atoms with E-state index in [9.17, 15) is 9.59 Å². The molecular formula is C28H32N6O4. The molecule has 1 unspecified atom stereocenters. The van der Waals surface area contributed by atoms with E-state index in [4.69, 9.17) is 9.47 Å². The monoisotopic (exact) mass is 516 g/mol. The van der Waals surface area contributed by atoms with Crippen molar-refractivity contribution in [3.63, 3.8) is 0 Å². The van der Waals surface area contributed by atoms with E-state index < -0.39 is 0 Å². The standard InChI is InChI=1S/C28H32N6O4/c1-17-10-11-25-31-32-26(34(17)25)22-8-5-9-24(29-22)30-27(35)21-14-19-16-33(13-12-18(19)15-23(21)37-2)28(36)38-20-6-3-4-7-20/h5,8-9,14-15,17,20H,3-4,6-7,10-13,16H2,1-2H3,(H,29,30,35). The molecule has 1 saturated carbocycles. The van der Waals surface area contributed by atoms with Crippen LogP contribution in [0.4, 0.5) is 10.6 Å². The van der Waals surface area contributed by atoms with Crippen LogP contribution >= 0.6 is 0 Å². The minimum Gasteiger partial charge on any atom is -0.496 e. The molecule has 1 aliphatic carbocycles. The van der Waals surface area contributed by atoms with Crippen molar-refractivity contribution in [3.05, 3.63) is 52.8 Å². The average molecular weight is 517 g/mol. The van der Waals surface area contributed by atoms with Gasteiger partial charge in [-0.05, 0) is 80.8 Å². The number of pyridine rings is 1. The number of carbonyl (C=O) groups excluding carboxylic acids is 2. The summed E-state index contributed by atoms with van der Waals surface area (Å²) in [6.45, 7) is 3.12. The summed E-state index contributed by atoms with van der Waals surface area (Å²) in [4.78, 5) is 32.5. The number of anilines is 1. The zero-order chi connectivity index (χ0) is 26.2. The first-order valence-corrected chi connectivity index (χ1v) is 13.4. The van der Waals surface area contributed by atoms with Crippen LogP contribution in [0.2, 0.25) is 0 Å². The lowest BCUT2D eigenvalue weighted by molar-refractivity contribution is 0.0618. The lowest BCUT2D eigenvalue weighted by Crippen LogP contribution is -2.38. The van der Waals surface area contributed by atoms with Gasteiger partial charge < -0.3 is 24.3 Å². The highest BCUT2D eigenvalue weighted by Crippen LogP contribution is 2.32. The van der Waals surface area contributed by atoms with E-state index in [1.54, 1.807) is 18.1 Å². The Morgan fingerprint density at radius 1 is 1.05 bits per heavy atom. The number of benzene rings is 1. The summed E-state index contributed by atoms with van der Waals surface area (Å²) in [5, 5.41) is 11.6. The summed E-state index contributed by atoms with van der Waals surface area (Å²) in [6.07, 6.45) is 6.44. The van der Waals surface area contributed by atoms with Gasteiger partial charge in [-0.2, -0.15) is 0 Å². The van der Waals surface area contributed by atoms with Crippen LogP contribution in [0.5, 0.6) is 5.75 Å². The van der Waals surface area contributed by atoms with Crippen LogP contribution in [0.3, 0.4) is 0 Å². The topological polar surface area (TPSA) is 111 Å². The van der Waals surface area contributed by atoms with Crippen LogP contribution in [0.25, 0.3) is 11.5 Å². The van der Waals surface area contributed by atoms with Gasteiger partial charge in [0.15, 0.2) is 5.82 Å². The number of aryl methyl sites for hydroxylation is 1. The second-order valence-corrected chi connectivity index (χ2v) is 10.3. The third kappa shape index (κ3) is 4.59. The number of nitrogens with one attached hydrogen (secondary N) is 1. The lowest BCUT2D eigenvalue weighted by atomic mass is 9.96. The van der Waals surface area contributed by atoms with Gasteiger partial charge in [0.2, 0.25) is 0 Å². The van der Waals surface area contributed by atoms with Crippen molar-refractivity contribution in [2.75, 3.05) is 19.0 Å². The first-order chi connectivity index (χ1) is 18.5. The third-order valence-corrected chi connectivity index (χ3v) is 7.82. The van der Waals surface area contributed by atoms with E-state index in [0.29, 0.717) is 54.2 Å². The fourth-order valence-electron chi connectivity index (χ4n) is 5.72. The van der Waals surface area contributed by atoms with Crippen LogP contribution in [-0.2, 0) is 24.1 Å². The van der Waals surface area contributed by atoms with Gasteiger partial charge in [-0.3, -0.25) is 4.79 Å². The van der Waals surface area contributed by atoms with Gasteiger partial charge in [0.05, 0.1) is 12.7 Å². The van der Waals surface area contributed by atoms with E-state index in [-0.39, 0.29) is 18.1 Å². The fourth-order valence-corrected chi connectivity index (χ4v) is 5.72. The SMILES string of the molecule is COc1cc2c(cc1C(=O)Nc1cccc(-c3nnc4n3C(C)CC4)n1)CN(C(=O)OC1CCCC1)CC2. The Balaban J connectivity index is 1.21. The number of rotatable bonds is 5. The fraction of sp³-hybridized carbons (Fsp3) is 0.464. The molecule has 4 heterocycles. The van der Waals surface area contributed by atoms with Crippen LogP contribution in [-0.4, -0.2) is 56.4 Å². The Morgan fingerprint density at radius 3 is 2.71 bits per heavy atom. The first kappa shape index (κ1) is 24.4. The third-order valence-electron chi connectivity index (χ3n) is 7.82. The second kappa shape index (κ2) is 10.1. The van der Waals surface area contributed by atoms with Crippen molar-refractivity contribution in [2.45, 2.75) is 70.6 Å². The maximum atomic E-state index is 13.4. The smallest absolute Gasteiger partial charge is 0.410 e.